The number of hydrogen-bond donors (Lipinski definition) is 2. The molecule has 110 valence electrons. The maximum absolute atomic E-state index is 11.7. The first kappa shape index (κ1) is 15.1. The number of carbonyl (C=O) groups excluding carboxylic acids is 1. The minimum Gasteiger partial charge on any atom is -0.341 e. The third-order valence-electron chi connectivity index (χ3n) is 3.28. The number of carbonyl (C=O) groups is 1. The molecule has 0 atom stereocenters. The molecule has 21 heavy (non-hydrogen) atoms. The summed E-state index contributed by atoms with van der Waals surface area (Å²) in [7, 11) is 0. The summed E-state index contributed by atoms with van der Waals surface area (Å²) in [6, 6.07) is 10.5. The Balaban J connectivity index is 2.18. The zero-order valence-corrected chi connectivity index (χ0v) is 12.4. The van der Waals surface area contributed by atoms with Crippen molar-refractivity contribution in [2.24, 2.45) is 0 Å². The van der Waals surface area contributed by atoms with Gasteiger partial charge in [-0.2, -0.15) is 5.26 Å². The first-order chi connectivity index (χ1) is 10.1. The highest BCUT2D eigenvalue weighted by Gasteiger charge is 2.08. The second-order valence-electron chi connectivity index (χ2n) is 5.26. The molecular weight excluding hydrogens is 264 g/mol. The Morgan fingerprint density at radius 1 is 1.38 bits per heavy atom. The van der Waals surface area contributed by atoms with Crippen LogP contribution in [0.2, 0.25) is 0 Å². The van der Waals surface area contributed by atoms with Gasteiger partial charge in [0.05, 0.1) is 6.07 Å². The zero-order chi connectivity index (χ0) is 15.2. The van der Waals surface area contributed by atoms with Crippen molar-refractivity contribution in [2.45, 2.75) is 33.0 Å². The number of fused-ring (bicyclic) bond motifs is 1. The molecule has 0 aliphatic carbocycles. The quantitative estimate of drug-likeness (QED) is 0.794. The molecule has 0 fully saturated rings. The van der Waals surface area contributed by atoms with Crippen LogP contribution >= 0.6 is 0 Å². The standard InChI is InChI=1S/C16H20N4O/c1-12(2)19-10-13-4-3-5-15-14(13)6-9-20(15)11-16(21)18-8-7-17/h3-6,9,12,19H,8,10-11H2,1-2H3,(H,18,21). The molecule has 5 nitrogen and oxygen atoms in total. The van der Waals surface area contributed by atoms with Crippen molar-refractivity contribution < 1.29 is 4.79 Å². The zero-order valence-electron chi connectivity index (χ0n) is 12.4. The lowest BCUT2D eigenvalue weighted by atomic mass is 10.1. The van der Waals surface area contributed by atoms with Gasteiger partial charge in [0.25, 0.3) is 0 Å². The van der Waals surface area contributed by atoms with Crippen LogP contribution in [-0.4, -0.2) is 23.1 Å². The Bertz CT molecular complexity index is 666. The molecule has 1 aromatic carbocycles. The number of benzene rings is 1. The van der Waals surface area contributed by atoms with Gasteiger partial charge in [-0.3, -0.25) is 4.79 Å². The Kier molecular flexibility index (Phi) is 4.96. The van der Waals surface area contributed by atoms with Crippen molar-refractivity contribution in [1.29, 1.82) is 5.26 Å². The predicted molar refractivity (Wildman–Crippen MR) is 82.5 cm³/mol. The van der Waals surface area contributed by atoms with E-state index in [1.165, 1.54) is 5.56 Å². The van der Waals surface area contributed by atoms with E-state index in [2.05, 4.69) is 30.5 Å². The lowest BCUT2D eigenvalue weighted by Crippen LogP contribution is -2.27. The van der Waals surface area contributed by atoms with Crippen molar-refractivity contribution in [2.75, 3.05) is 6.54 Å². The van der Waals surface area contributed by atoms with Gasteiger partial charge in [0.15, 0.2) is 0 Å². The molecule has 0 unspecified atom stereocenters. The molecule has 5 heteroatoms. The lowest BCUT2D eigenvalue weighted by molar-refractivity contribution is -0.121. The van der Waals surface area contributed by atoms with E-state index in [9.17, 15) is 4.79 Å². The topological polar surface area (TPSA) is 69.8 Å². The van der Waals surface area contributed by atoms with E-state index >= 15 is 0 Å². The SMILES string of the molecule is CC(C)NCc1cccc2c1ccn2CC(=O)NCC#N. The molecule has 0 spiro atoms. The molecule has 0 saturated carbocycles. The number of nitrogens with one attached hydrogen (secondary N) is 2. The van der Waals surface area contributed by atoms with E-state index in [0.29, 0.717) is 6.04 Å². The van der Waals surface area contributed by atoms with Crippen molar-refractivity contribution in [3.8, 4) is 6.07 Å². The van der Waals surface area contributed by atoms with Gasteiger partial charge in [-0.25, -0.2) is 0 Å². The smallest absolute Gasteiger partial charge is 0.240 e. The van der Waals surface area contributed by atoms with Gasteiger partial charge < -0.3 is 15.2 Å². The first-order valence-electron chi connectivity index (χ1n) is 7.05. The number of rotatable bonds is 6. The summed E-state index contributed by atoms with van der Waals surface area (Å²) in [6.45, 7) is 5.31. The number of aromatic nitrogens is 1. The lowest BCUT2D eigenvalue weighted by Gasteiger charge is -2.10. The Labute approximate surface area is 124 Å². The molecule has 2 aromatic rings. The summed E-state index contributed by atoms with van der Waals surface area (Å²) in [6.07, 6.45) is 1.91. The second-order valence-corrected chi connectivity index (χ2v) is 5.26. The van der Waals surface area contributed by atoms with E-state index in [-0.39, 0.29) is 19.0 Å². The average molecular weight is 284 g/mol. The largest absolute Gasteiger partial charge is 0.341 e. The number of amides is 1. The molecule has 0 radical (unpaired) electrons. The normalized spacial score (nSPS) is 10.8. The van der Waals surface area contributed by atoms with Crippen molar-refractivity contribution in [3.05, 3.63) is 36.0 Å². The summed E-state index contributed by atoms with van der Waals surface area (Å²) in [5, 5.41) is 15.6. The summed E-state index contributed by atoms with van der Waals surface area (Å²) < 4.78 is 1.90. The Morgan fingerprint density at radius 2 is 2.19 bits per heavy atom. The van der Waals surface area contributed by atoms with Crippen LogP contribution in [0.4, 0.5) is 0 Å². The van der Waals surface area contributed by atoms with Crippen molar-refractivity contribution in [3.63, 3.8) is 0 Å². The average Bonchev–Trinajstić information content (AvgIpc) is 2.86. The van der Waals surface area contributed by atoms with Crippen LogP contribution in [0.1, 0.15) is 19.4 Å². The molecule has 2 rings (SSSR count). The Morgan fingerprint density at radius 3 is 2.90 bits per heavy atom. The fraction of sp³-hybridized carbons (Fsp3) is 0.375. The summed E-state index contributed by atoms with van der Waals surface area (Å²) >= 11 is 0. The third kappa shape index (κ3) is 3.83. The highest BCUT2D eigenvalue weighted by atomic mass is 16.1. The summed E-state index contributed by atoms with van der Waals surface area (Å²) in [5.74, 6) is -0.153. The molecule has 2 N–H and O–H groups in total. The number of nitriles is 1. The summed E-state index contributed by atoms with van der Waals surface area (Å²) in [5.41, 5.74) is 2.25. The first-order valence-corrected chi connectivity index (χ1v) is 7.05. The predicted octanol–water partition coefficient (Wildman–Crippen LogP) is 1.78. The second kappa shape index (κ2) is 6.91. The minimum absolute atomic E-state index is 0.0432. The van der Waals surface area contributed by atoms with E-state index in [4.69, 9.17) is 5.26 Å². The molecule has 0 aliphatic heterocycles. The van der Waals surface area contributed by atoms with Crippen LogP contribution < -0.4 is 10.6 Å². The molecule has 0 aliphatic rings. The van der Waals surface area contributed by atoms with Crippen LogP contribution in [0.5, 0.6) is 0 Å². The van der Waals surface area contributed by atoms with Gasteiger partial charge in [-0.1, -0.05) is 26.0 Å². The van der Waals surface area contributed by atoms with E-state index in [1.807, 2.05) is 35.0 Å². The number of nitrogens with zero attached hydrogens (tertiary/aromatic N) is 2. The van der Waals surface area contributed by atoms with Crippen molar-refractivity contribution >= 4 is 16.8 Å². The van der Waals surface area contributed by atoms with Crippen LogP contribution in [-0.2, 0) is 17.9 Å². The summed E-state index contributed by atoms with van der Waals surface area (Å²) in [4.78, 5) is 11.7. The molecule has 1 heterocycles. The monoisotopic (exact) mass is 284 g/mol. The van der Waals surface area contributed by atoms with Crippen LogP contribution in [0.15, 0.2) is 30.5 Å². The fourth-order valence-electron chi connectivity index (χ4n) is 2.24. The van der Waals surface area contributed by atoms with Crippen LogP contribution in [0.25, 0.3) is 10.9 Å². The van der Waals surface area contributed by atoms with E-state index in [0.717, 1.165) is 17.4 Å². The van der Waals surface area contributed by atoms with E-state index in [1.54, 1.807) is 0 Å². The van der Waals surface area contributed by atoms with Gasteiger partial charge in [0, 0.05) is 29.7 Å². The van der Waals surface area contributed by atoms with Gasteiger partial charge in [-0.05, 0) is 17.7 Å². The fourth-order valence-corrected chi connectivity index (χ4v) is 2.24. The van der Waals surface area contributed by atoms with Gasteiger partial charge >= 0.3 is 0 Å². The molecule has 0 saturated heterocycles. The van der Waals surface area contributed by atoms with Gasteiger partial charge in [0.2, 0.25) is 5.91 Å². The van der Waals surface area contributed by atoms with Gasteiger partial charge in [-0.15, -0.1) is 0 Å². The minimum atomic E-state index is -0.153. The number of hydrogen-bond acceptors (Lipinski definition) is 3. The third-order valence-corrected chi connectivity index (χ3v) is 3.28. The highest BCUT2D eigenvalue weighted by Crippen LogP contribution is 2.20. The van der Waals surface area contributed by atoms with Gasteiger partial charge in [0.1, 0.15) is 13.1 Å². The van der Waals surface area contributed by atoms with Crippen LogP contribution in [0, 0.1) is 11.3 Å². The molecular formula is C16H20N4O. The van der Waals surface area contributed by atoms with Crippen LogP contribution in [0.3, 0.4) is 0 Å². The molecule has 1 amide bonds. The molecule has 1 aromatic heterocycles. The van der Waals surface area contributed by atoms with Crippen molar-refractivity contribution in [1.82, 2.24) is 15.2 Å². The van der Waals surface area contributed by atoms with E-state index < -0.39 is 0 Å². The highest BCUT2D eigenvalue weighted by molar-refractivity contribution is 5.85. The maximum Gasteiger partial charge on any atom is 0.240 e. The maximum atomic E-state index is 11.7. The molecule has 0 bridgehead atoms. The Hall–Kier alpha value is -2.32.